The average Bonchev–Trinajstić information content (AvgIpc) is 3.08. The van der Waals surface area contributed by atoms with E-state index in [4.69, 9.17) is 25.4 Å². The SMILES string of the molecule is CN1CCc2cc3c(cc2C1O)OCO3.Cl.NCCc1ccc(O)c(O)c1. The minimum atomic E-state index is -0.525. The standard InChI is InChI=1S/C11H13NO3.C8H11NO2.ClH/c1-12-3-2-7-4-9-10(15-6-14-9)5-8(7)11(12)13;9-4-3-6-1-2-7(10)8(11)5-6;/h4-5,11,13H,2-3,6H2,1H3;1-2,5,10-11H,3-4,9H2;1H. The third-order valence-corrected chi connectivity index (χ3v) is 4.54. The van der Waals surface area contributed by atoms with Crippen molar-refractivity contribution in [1.82, 2.24) is 4.90 Å². The van der Waals surface area contributed by atoms with Crippen LogP contribution in [0.15, 0.2) is 30.3 Å². The van der Waals surface area contributed by atoms with Crippen LogP contribution in [0.1, 0.15) is 22.9 Å². The number of phenolic OH excluding ortho intramolecular Hbond substituents is 2. The lowest BCUT2D eigenvalue weighted by atomic mass is 9.98. The van der Waals surface area contributed by atoms with Crippen LogP contribution in [0.4, 0.5) is 0 Å². The molecule has 2 heterocycles. The molecule has 0 saturated carbocycles. The largest absolute Gasteiger partial charge is 0.504 e. The van der Waals surface area contributed by atoms with Gasteiger partial charge in [-0.3, -0.25) is 4.90 Å². The Morgan fingerprint density at radius 1 is 1.11 bits per heavy atom. The van der Waals surface area contributed by atoms with Gasteiger partial charge in [0.2, 0.25) is 6.79 Å². The van der Waals surface area contributed by atoms with Crippen molar-refractivity contribution in [3.63, 3.8) is 0 Å². The Morgan fingerprint density at radius 2 is 1.81 bits per heavy atom. The van der Waals surface area contributed by atoms with Crippen molar-refractivity contribution in [1.29, 1.82) is 0 Å². The van der Waals surface area contributed by atoms with E-state index in [-0.39, 0.29) is 30.7 Å². The summed E-state index contributed by atoms with van der Waals surface area (Å²) in [6, 6.07) is 8.58. The summed E-state index contributed by atoms with van der Waals surface area (Å²) in [6.45, 7) is 1.70. The van der Waals surface area contributed by atoms with E-state index in [1.165, 1.54) is 12.1 Å². The maximum atomic E-state index is 9.99. The van der Waals surface area contributed by atoms with Crippen LogP contribution in [0, 0.1) is 0 Å². The molecule has 27 heavy (non-hydrogen) atoms. The molecule has 0 saturated heterocycles. The number of halogens is 1. The topological polar surface area (TPSA) is 108 Å². The second-order valence-electron chi connectivity index (χ2n) is 6.37. The number of rotatable bonds is 2. The van der Waals surface area contributed by atoms with Crippen molar-refractivity contribution in [2.24, 2.45) is 5.73 Å². The number of aromatic hydroxyl groups is 2. The van der Waals surface area contributed by atoms with Crippen LogP contribution in [-0.4, -0.2) is 47.1 Å². The van der Waals surface area contributed by atoms with Crippen LogP contribution in [-0.2, 0) is 12.8 Å². The monoisotopic (exact) mass is 396 g/mol. The molecule has 2 aromatic carbocycles. The van der Waals surface area contributed by atoms with Crippen LogP contribution in [0.2, 0.25) is 0 Å². The summed E-state index contributed by atoms with van der Waals surface area (Å²) in [7, 11) is 1.91. The fourth-order valence-electron chi connectivity index (χ4n) is 3.00. The average molecular weight is 397 g/mol. The summed E-state index contributed by atoms with van der Waals surface area (Å²) < 4.78 is 10.6. The number of hydrogen-bond donors (Lipinski definition) is 4. The molecule has 0 radical (unpaired) electrons. The van der Waals surface area contributed by atoms with Gasteiger partial charge in [-0.1, -0.05) is 6.07 Å². The van der Waals surface area contributed by atoms with Gasteiger partial charge in [-0.2, -0.15) is 0 Å². The van der Waals surface area contributed by atoms with E-state index >= 15 is 0 Å². The molecule has 1 atom stereocenters. The van der Waals surface area contributed by atoms with E-state index in [0.717, 1.165) is 41.2 Å². The number of aliphatic hydroxyl groups excluding tert-OH is 1. The van der Waals surface area contributed by atoms with Crippen LogP contribution >= 0.6 is 12.4 Å². The maximum Gasteiger partial charge on any atom is 0.231 e. The molecule has 148 valence electrons. The zero-order chi connectivity index (χ0) is 18.7. The summed E-state index contributed by atoms with van der Waals surface area (Å²) in [5.41, 5.74) is 8.33. The Morgan fingerprint density at radius 3 is 2.48 bits per heavy atom. The number of hydrogen-bond acceptors (Lipinski definition) is 7. The van der Waals surface area contributed by atoms with Gasteiger partial charge in [-0.25, -0.2) is 0 Å². The first-order chi connectivity index (χ1) is 12.5. The summed E-state index contributed by atoms with van der Waals surface area (Å²) in [5, 5.41) is 28.0. The number of nitrogens with two attached hydrogens (primary N) is 1. The zero-order valence-corrected chi connectivity index (χ0v) is 15.9. The number of likely N-dealkylation sites (N-methyl/N-ethyl adjacent to an activating group) is 1. The predicted molar refractivity (Wildman–Crippen MR) is 104 cm³/mol. The highest BCUT2D eigenvalue weighted by Gasteiger charge is 2.26. The highest BCUT2D eigenvalue weighted by molar-refractivity contribution is 5.85. The van der Waals surface area contributed by atoms with Crippen molar-refractivity contribution in [3.05, 3.63) is 47.0 Å². The lowest BCUT2D eigenvalue weighted by molar-refractivity contribution is 0.0126. The smallest absolute Gasteiger partial charge is 0.231 e. The number of aliphatic hydroxyl groups is 1. The van der Waals surface area contributed by atoms with Gasteiger partial charge in [-0.05, 0) is 61.8 Å². The second-order valence-corrected chi connectivity index (χ2v) is 6.37. The molecule has 8 heteroatoms. The van der Waals surface area contributed by atoms with E-state index in [0.29, 0.717) is 13.0 Å². The van der Waals surface area contributed by atoms with Gasteiger partial charge >= 0.3 is 0 Å². The summed E-state index contributed by atoms with van der Waals surface area (Å²) in [5.74, 6) is 1.36. The molecule has 2 aliphatic rings. The van der Waals surface area contributed by atoms with E-state index in [1.54, 1.807) is 6.07 Å². The first-order valence-corrected chi connectivity index (χ1v) is 8.51. The highest BCUT2D eigenvalue weighted by atomic mass is 35.5. The van der Waals surface area contributed by atoms with Crippen LogP contribution in [0.5, 0.6) is 23.0 Å². The van der Waals surface area contributed by atoms with E-state index in [2.05, 4.69) is 0 Å². The molecule has 0 spiro atoms. The zero-order valence-electron chi connectivity index (χ0n) is 15.1. The molecule has 0 bridgehead atoms. The van der Waals surface area contributed by atoms with Gasteiger partial charge in [0, 0.05) is 12.1 Å². The van der Waals surface area contributed by atoms with Crippen LogP contribution < -0.4 is 15.2 Å². The fourth-order valence-corrected chi connectivity index (χ4v) is 3.00. The van der Waals surface area contributed by atoms with Gasteiger partial charge in [0.05, 0.1) is 0 Å². The van der Waals surface area contributed by atoms with Crippen molar-refractivity contribution in [2.45, 2.75) is 19.1 Å². The maximum absolute atomic E-state index is 9.99. The number of nitrogens with zero attached hydrogens (tertiary/aromatic N) is 1. The van der Waals surface area contributed by atoms with Crippen molar-refractivity contribution < 1.29 is 24.8 Å². The Bertz CT molecular complexity index is 787. The number of phenols is 2. The summed E-state index contributed by atoms with van der Waals surface area (Å²) >= 11 is 0. The molecule has 0 fully saturated rings. The third-order valence-electron chi connectivity index (χ3n) is 4.54. The molecule has 2 aliphatic heterocycles. The molecule has 0 amide bonds. The predicted octanol–water partition coefficient (Wildman–Crippen LogP) is 1.91. The molecule has 2 aromatic rings. The Kier molecular flexibility index (Phi) is 7.15. The Balaban J connectivity index is 0.000000196. The van der Waals surface area contributed by atoms with Gasteiger partial charge in [-0.15, -0.1) is 12.4 Å². The van der Waals surface area contributed by atoms with E-state index in [1.807, 2.05) is 24.1 Å². The summed E-state index contributed by atoms with van der Waals surface area (Å²) in [6.07, 6.45) is 1.14. The number of benzene rings is 2. The fraction of sp³-hybridized carbons (Fsp3) is 0.368. The molecular weight excluding hydrogens is 372 g/mol. The van der Waals surface area contributed by atoms with Gasteiger partial charge in [0.25, 0.3) is 0 Å². The molecule has 7 nitrogen and oxygen atoms in total. The van der Waals surface area contributed by atoms with Crippen molar-refractivity contribution in [2.75, 3.05) is 26.9 Å². The quantitative estimate of drug-likeness (QED) is 0.574. The lowest BCUT2D eigenvalue weighted by Crippen LogP contribution is -2.31. The number of ether oxygens (including phenoxy) is 2. The lowest BCUT2D eigenvalue weighted by Gasteiger charge is -2.30. The minimum Gasteiger partial charge on any atom is -0.504 e. The Hall–Kier alpha value is -2.19. The molecule has 5 N–H and O–H groups in total. The molecule has 4 rings (SSSR count). The minimum absolute atomic E-state index is 0. The van der Waals surface area contributed by atoms with Crippen LogP contribution in [0.25, 0.3) is 0 Å². The van der Waals surface area contributed by atoms with Gasteiger partial charge < -0.3 is 30.5 Å². The Labute approximate surface area is 164 Å². The molecule has 1 unspecified atom stereocenters. The summed E-state index contributed by atoms with van der Waals surface area (Å²) in [4.78, 5) is 1.92. The first-order valence-electron chi connectivity index (χ1n) is 8.51. The molecule has 0 aliphatic carbocycles. The van der Waals surface area contributed by atoms with Crippen molar-refractivity contribution in [3.8, 4) is 23.0 Å². The normalized spacial score (nSPS) is 17.4. The molecule has 0 aromatic heterocycles. The number of fused-ring (bicyclic) bond motifs is 2. The van der Waals surface area contributed by atoms with Gasteiger partial charge in [0.1, 0.15) is 6.23 Å². The third kappa shape index (κ3) is 4.75. The van der Waals surface area contributed by atoms with Crippen LogP contribution in [0.3, 0.4) is 0 Å². The molecular formula is C19H25ClN2O5. The van der Waals surface area contributed by atoms with Crippen molar-refractivity contribution >= 4 is 12.4 Å². The second kappa shape index (κ2) is 9.14. The van der Waals surface area contributed by atoms with Gasteiger partial charge in [0.15, 0.2) is 23.0 Å². The first kappa shape index (κ1) is 21.1. The highest BCUT2D eigenvalue weighted by Crippen LogP contribution is 2.39. The van der Waals surface area contributed by atoms with E-state index < -0.39 is 6.23 Å². The van der Waals surface area contributed by atoms with E-state index in [9.17, 15) is 5.11 Å².